The number of aryl methyl sites for hydroxylation is 2. The number of nitrogens with two attached hydrogens (primary N) is 1. The van der Waals surface area contributed by atoms with Gasteiger partial charge in [0.25, 0.3) is 0 Å². The highest BCUT2D eigenvalue weighted by molar-refractivity contribution is 5.42. The number of alkyl halides is 3. The summed E-state index contributed by atoms with van der Waals surface area (Å²) < 4.78 is 39.6. The highest BCUT2D eigenvalue weighted by atomic mass is 19.4. The molecule has 0 radical (unpaired) electrons. The molecule has 0 bridgehead atoms. The number of nitrogens with one attached hydrogen (secondary N) is 1. The average molecular weight is 300 g/mol. The van der Waals surface area contributed by atoms with E-state index in [4.69, 9.17) is 5.73 Å². The number of nitrogen functional groups attached to an aromatic ring is 1. The van der Waals surface area contributed by atoms with Crippen molar-refractivity contribution in [3.8, 4) is 0 Å². The monoisotopic (exact) mass is 300 g/mol. The lowest BCUT2D eigenvalue weighted by atomic mass is 10.2. The third-order valence-electron chi connectivity index (χ3n) is 2.82. The fourth-order valence-corrected chi connectivity index (χ4v) is 1.92. The van der Waals surface area contributed by atoms with Crippen molar-refractivity contribution in [1.82, 2.24) is 19.7 Å². The molecule has 114 valence electrons. The summed E-state index contributed by atoms with van der Waals surface area (Å²) in [6.45, 7) is 2.26. The largest absolute Gasteiger partial charge is 0.433 e. The van der Waals surface area contributed by atoms with E-state index in [9.17, 15) is 13.2 Å². The van der Waals surface area contributed by atoms with E-state index in [1.807, 2.05) is 6.92 Å². The Balaban J connectivity index is 2.18. The summed E-state index contributed by atoms with van der Waals surface area (Å²) in [6, 6.07) is 0.832. The van der Waals surface area contributed by atoms with Crippen LogP contribution in [0.4, 0.5) is 24.9 Å². The maximum Gasteiger partial charge on any atom is 0.433 e. The Labute approximate surface area is 119 Å². The first-order valence-electron chi connectivity index (χ1n) is 6.26. The van der Waals surface area contributed by atoms with Gasteiger partial charge >= 0.3 is 6.18 Å². The van der Waals surface area contributed by atoms with Crippen molar-refractivity contribution in [3.63, 3.8) is 0 Å². The Morgan fingerprint density at radius 1 is 1.33 bits per heavy atom. The molecule has 0 amide bonds. The maximum atomic E-state index is 12.6. The average Bonchev–Trinajstić information content (AvgIpc) is 2.75. The van der Waals surface area contributed by atoms with Crippen LogP contribution in [0.1, 0.15) is 23.9 Å². The van der Waals surface area contributed by atoms with Gasteiger partial charge in [-0.25, -0.2) is 4.98 Å². The van der Waals surface area contributed by atoms with E-state index >= 15 is 0 Å². The fourth-order valence-electron chi connectivity index (χ4n) is 1.92. The van der Waals surface area contributed by atoms with Gasteiger partial charge in [-0.2, -0.15) is 23.3 Å². The number of aromatic nitrogens is 4. The lowest BCUT2D eigenvalue weighted by Crippen LogP contribution is -2.13. The van der Waals surface area contributed by atoms with Gasteiger partial charge in [-0.15, -0.1) is 0 Å². The van der Waals surface area contributed by atoms with Gasteiger partial charge in [-0.05, 0) is 6.42 Å². The third kappa shape index (κ3) is 3.61. The minimum atomic E-state index is -4.56. The number of hydrogen-bond donors (Lipinski definition) is 2. The van der Waals surface area contributed by atoms with E-state index in [0.29, 0.717) is 6.54 Å². The van der Waals surface area contributed by atoms with Crippen molar-refractivity contribution in [2.45, 2.75) is 26.1 Å². The van der Waals surface area contributed by atoms with Crippen molar-refractivity contribution < 1.29 is 13.2 Å². The molecule has 0 aliphatic rings. The van der Waals surface area contributed by atoms with Crippen LogP contribution in [0.15, 0.2) is 12.3 Å². The Morgan fingerprint density at radius 2 is 2.05 bits per heavy atom. The zero-order valence-corrected chi connectivity index (χ0v) is 11.6. The highest BCUT2D eigenvalue weighted by Crippen LogP contribution is 2.29. The molecule has 2 rings (SSSR count). The number of halogens is 3. The quantitative estimate of drug-likeness (QED) is 0.902. The molecular formula is C12H15F3N6. The van der Waals surface area contributed by atoms with Crippen LogP contribution in [0, 0.1) is 0 Å². The second-order valence-electron chi connectivity index (χ2n) is 4.48. The molecule has 0 aliphatic carbocycles. The summed E-state index contributed by atoms with van der Waals surface area (Å²) in [5, 5.41) is 7.07. The van der Waals surface area contributed by atoms with Crippen LogP contribution in [0.25, 0.3) is 0 Å². The van der Waals surface area contributed by atoms with Crippen molar-refractivity contribution in [3.05, 3.63) is 29.2 Å². The normalized spacial score (nSPS) is 11.7. The molecule has 0 atom stereocenters. The predicted molar refractivity (Wildman–Crippen MR) is 71.4 cm³/mol. The standard InChI is InChI=1S/C12H15F3N6/c1-3-8-7(6-21(2)20-8)5-17-10-4-9(12(13,14)15)18-11(16)19-10/h4,6H,3,5H2,1-2H3,(H3,16,17,18,19). The van der Waals surface area contributed by atoms with Crippen molar-refractivity contribution in [2.24, 2.45) is 7.05 Å². The molecule has 0 saturated carbocycles. The second-order valence-corrected chi connectivity index (χ2v) is 4.48. The van der Waals surface area contributed by atoms with Crippen molar-refractivity contribution in [2.75, 3.05) is 11.1 Å². The topological polar surface area (TPSA) is 81.7 Å². The zero-order valence-electron chi connectivity index (χ0n) is 11.6. The molecule has 9 heteroatoms. The zero-order chi connectivity index (χ0) is 15.6. The van der Waals surface area contributed by atoms with Crippen LogP contribution >= 0.6 is 0 Å². The van der Waals surface area contributed by atoms with Crippen LogP contribution < -0.4 is 11.1 Å². The Hall–Kier alpha value is -2.32. The van der Waals surface area contributed by atoms with Crippen molar-refractivity contribution in [1.29, 1.82) is 0 Å². The molecule has 0 aromatic carbocycles. The number of anilines is 2. The molecule has 0 saturated heterocycles. The molecule has 0 unspecified atom stereocenters. The number of hydrogen-bond acceptors (Lipinski definition) is 5. The maximum absolute atomic E-state index is 12.6. The third-order valence-corrected chi connectivity index (χ3v) is 2.82. The number of rotatable bonds is 4. The SMILES string of the molecule is CCc1nn(C)cc1CNc1cc(C(F)(F)F)nc(N)n1. The van der Waals surface area contributed by atoms with E-state index in [0.717, 1.165) is 23.7 Å². The van der Waals surface area contributed by atoms with Crippen LogP contribution in [0.2, 0.25) is 0 Å². The summed E-state index contributed by atoms with van der Waals surface area (Å²) in [6.07, 6.45) is -2.02. The summed E-state index contributed by atoms with van der Waals surface area (Å²) >= 11 is 0. The van der Waals surface area contributed by atoms with Crippen LogP contribution in [-0.4, -0.2) is 19.7 Å². The van der Waals surface area contributed by atoms with Gasteiger partial charge in [0.05, 0.1) is 5.69 Å². The van der Waals surface area contributed by atoms with Gasteiger partial charge in [0.1, 0.15) is 5.82 Å². The summed E-state index contributed by atoms with van der Waals surface area (Å²) in [5.41, 5.74) is 6.01. The first-order chi connectivity index (χ1) is 9.79. The molecule has 2 heterocycles. The fraction of sp³-hybridized carbons (Fsp3) is 0.417. The molecule has 21 heavy (non-hydrogen) atoms. The summed E-state index contributed by atoms with van der Waals surface area (Å²) in [4.78, 5) is 6.94. The van der Waals surface area contributed by atoms with E-state index in [1.54, 1.807) is 17.9 Å². The highest BCUT2D eigenvalue weighted by Gasteiger charge is 2.33. The van der Waals surface area contributed by atoms with E-state index < -0.39 is 17.8 Å². The minimum absolute atomic E-state index is 0.0285. The minimum Gasteiger partial charge on any atom is -0.368 e. The van der Waals surface area contributed by atoms with Gasteiger partial charge in [0.2, 0.25) is 5.95 Å². The summed E-state index contributed by atoms with van der Waals surface area (Å²) in [7, 11) is 1.78. The van der Waals surface area contributed by atoms with E-state index in [1.165, 1.54) is 0 Å². The Bertz CT molecular complexity index is 634. The molecule has 2 aromatic rings. The molecule has 3 N–H and O–H groups in total. The molecule has 0 fully saturated rings. The Morgan fingerprint density at radius 3 is 2.67 bits per heavy atom. The first kappa shape index (κ1) is 15.1. The van der Waals surface area contributed by atoms with Crippen LogP contribution in [0.5, 0.6) is 0 Å². The lowest BCUT2D eigenvalue weighted by molar-refractivity contribution is -0.141. The summed E-state index contributed by atoms with van der Waals surface area (Å²) in [5.74, 6) is -0.394. The Kier molecular flexibility index (Phi) is 4.01. The molecule has 6 nitrogen and oxygen atoms in total. The van der Waals surface area contributed by atoms with Crippen molar-refractivity contribution >= 4 is 11.8 Å². The number of nitrogens with zero attached hydrogens (tertiary/aromatic N) is 4. The van der Waals surface area contributed by atoms with Gasteiger partial charge < -0.3 is 11.1 Å². The van der Waals surface area contributed by atoms with Gasteiger partial charge in [-0.1, -0.05) is 6.92 Å². The first-order valence-corrected chi connectivity index (χ1v) is 6.26. The molecule has 0 spiro atoms. The van der Waals surface area contributed by atoms with E-state index in [2.05, 4.69) is 20.4 Å². The predicted octanol–water partition coefficient (Wildman–Crippen LogP) is 1.99. The molecule has 0 aliphatic heterocycles. The van der Waals surface area contributed by atoms with E-state index in [-0.39, 0.29) is 5.82 Å². The molecule has 2 aromatic heterocycles. The van der Waals surface area contributed by atoms with Gasteiger partial charge in [0.15, 0.2) is 5.69 Å². The molecular weight excluding hydrogens is 285 g/mol. The second kappa shape index (κ2) is 5.58. The van der Waals surface area contributed by atoms with Gasteiger partial charge in [0, 0.05) is 31.4 Å². The van der Waals surface area contributed by atoms with Crippen LogP contribution in [0.3, 0.4) is 0 Å². The van der Waals surface area contributed by atoms with Gasteiger partial charge in [-0.3, -0.25) is 4.68 Å². The smallest absolute Gasteiger partial charge is 0.368 e. The lowest BCUT2D eigenvalue weighted by Gasteiger charge is -2.10. The van der Waals surface area contributed by atoms with Crippen LogP contribution in [-0.2, 0) is 26.2 Å².